The molecule has 13 rings (SSSR count). The van der Waals surface area contributed by atoms with E-state index in [4.69, 9.17) is 47.4 Å². The number of hydrogen-bond acceptors (Lipinski definition) is 24. The van der Waals surface area contributed by atoms with Crippen molar-refractivity contribution in [3.8, 4) is 11.1 Å². The van der Waals surface area contributed by atoms with Gasteiger partial charge in [0.1, 0.15) is 50.7 Å². The third-order valence-electron chi connectivity index (χ3n) is 20.5. The van der Waals surface area contributed by atoms with Crippen LogP contribution in [-0.4, -0.2) is 157 Å². The van der Waals surface area contributed by atoms with Crippen molar-refractivity contribution in [2.75, 3.05) is 72.6 Å². The molecule has 6 saturated carbocycles. The predicted octanol–water partition coefficient (Wildman–Crippen LogP) is 9.21. The Hall–Kier alpha value is -8.12. The van der Waals surface area contributed by atoms with E-state index < -0.39 is 78.0 Å². The van der Waals surface area contributed by atoms with Crippen LogP contribution in [0.25, 0.3) is 11.1 Å². The summed E-state index contributed by atoms with van der Waals surface area (Å²) in [4.78, 5) is 140. The number of benzene rings is 2. The SMILES string of the molecule is CC(C(=O)CC1COC(=O)C1)C(=O)OCC1COC(=O)C1.CC(C(=O)NCC1CCCCC1)C(=O)OCC1CCCCC1.CC(C(=O)OCC1COC(=O)O1)C(=O)OCC12CC3CC(CC(C3)C1)C2.CC(C(=O)OCC1COC(=O)O1)C(=O)OCC1c2ccccc2-c2ccccc21. The number of ketones is 1. The molecule has 536 valence electrons. The monoisotopic (exact) mass is 1370 g/mol. The van der Waals surface area contributed by atoms with Gasteiger partial charge in [0.05, 0.1) is 45.9 Å². The van der Waals surface area contributed by atoms with Crippen LogP contribution < -0.4 is 5.32 Å². The first kappa shape index (κ1) is 74.1. The Morgan fingerprint density at radius 3 is 1.35 bits per heavy atom. The van der Waals surface area contributed by atoms with Gasteiger partial charge >= 0.3 is 60.1 Å². The first-order chi connectivity index (χ1) is 47.1. The molecule has 1 N–H and O–H groups in total. The fraction of sp³-hybridized carbons (Fsp3) is 0.671. The van der Waals surface area contributed by atoms with E-state index in [-0.39, 0.29) is 125 Å². The van der Waals surface area contributed by atoms with Crippen LogP contribution in [0.4, 0.5) is 9.59 Å². The minimum Gasteiger partial charge on any atom is -0.465 e. The molecule has 25 heteroatoms. The number of cyclic esters (lactones) is 6. The van der Waals surface area contributed by atoms with E-state index in [2.05, 4.69) is 26.9 Å². The lowest BCUT2D eigenvalue weighted by molar-refractivity contribution is -0.169. The summed E-state index contributed by atoms with van der Waals surface area (Å²) in [7, 11) is 0. The van der Waals surface area contributed by atoms with Crippen molar-refractivity contribution in [2.24, 2.45) is 70.5 Å². The summed E-state index contributed by atoms with van der Waals surface area (Å²) in [6.07, 6.45) is 17.5. The largest absolute Gasteiger partial charge is 0.508 e. The van der Waals surface area contributed by atoms with Gasteiger partial charge in [-0.2, -0.15) is 0 Å². The van der Waals surface area contributed by atoms with Gasteiger partial charge in [0.2, 0.25) is 5.91 Å². The summed E-state index contributed by atoms with van der Waals surface area (Å²) in [5.74, 6) is -5.16. The highest BCUT2D eigenvalue weighted by Gasteiger charge is 2.52. The average molecular weight is 1370 g/mol. The second-order valence-corrected chi connectivity index (χ2v) is 28.3. The lowest BCUT2D eigenvalue weighted by atomic mass is 9.50. The lowest BCUT2D eigenvalue weighted by Gasteiger charge is -2.56. The Labute approximate surface area is 571 Å². The summed E-state index contributed by atoms with van der Waals surface area (Å²) in [6.45, 7) is 8.15. The molecule has 2 aromatic carbocycles. The van der Waals surface area contributed by atoms with Gasteiger partial charge in [0, 0.05) is 36.1 Å². The molecule has 1 amide bonds. The maximum absolute atomic E-state index is 12.4. The molecule has 8 atom stereocenters. The van der Waals surface area contributed by atoms with E-state index in [0.29, 0.717) is 31.6 Å². The number of amides is 1. The topological polar surface area (TPSA) is 328 Å². The molecule has 98 heavy (non-hydrogen) atoms. The molecule has 2 aromatic rings. The van der Waals surface area contributed by atoms with Gasteiger partial charge in [-0.15, -0.1) is 0 Å². The van der Waals surface area contributed by atoms with Crippen LogP contribution in [0.15, 0.2) is 48.5 Å². The average Bonchev–Trinajstić information content (AvgIpc) is 1.11. The molecule has 4 heterocycles. The number of hydrogen-bond donors (Lipinski definition) is 1. The molecule has 0 spiro atoms. The normalized spacial score (nSPS) is 26.1. The minimum atomic E-state index is -1.08. The predicted molar refractivity (Wildman–Crippen MR) is 343 cm³/mol. The summed E-state index contributed by atoms with van der Waals surface area (Å²) < 4.78 is 59.9. The smallest absolute Gasteiger partial charge is 0.465 e. The van der Waals surface area contributed by atoms with Gasteiger partial charge in [-0.25, -0.2) is 9.59 Å². The number of rotatable bonds is 24. The van der Waals surface area contributed by atoms with Crippen LogP contribution in [0, 0.1) is 70.5 Å². The maximum Gasteiger partial charge on any atom is 0.508 e. The summed E-state index contributed by atoms with van der Waals surface area (Å²) in [6, 6.07) is 16.0. The molecule has 8 unspecified atom stereocenters. The molecule has 0 aromatic heterocycles. The second-order valence-electron chi connectivity index (χ2n) is 28.3. The van der Waals surface area contributed by atoms with Crippen LogP contribution in [-0.2, 0) is 105 Å². The number of carbonyl (C=O) groups excluding carboxylic acids is 12. The summed E-state index contributed by atoms with van der Waals surface area (Å²) in [5.41, 5.74) is 4.58. The minimum absolute atomic E-state index is 0.0193. The standard InChI is InChI=1S/C22H20O7.C19H26O7.C18H31NO3.C14H18O7/c1-13(20(23)26-10-14-11-28-22(25)29-14)21(24)27-12-19-17-8-4-2-6-15(17)16-7-3-5-9-18(16)19;1-11(16(20)23-8-15-9-24-18(22)26-15)17(21)25-10-19-5-12-2-13(6-19)4-14(3-12)7-19;1-14(17(20)19-12-15-8-4-2-5-9-15)18(21)22-13-16-10-6-3-7-11-16;1-8(11(15)2-9-3-12(16)19-5-9)14(18)21-7-10-4-13(17)20-6-10/h2-9,13-14,19H,10-12H2,1H3;11-15H,2-10H2,1H3;14-16H,2-13H2,1H3,(H,19,20);8-10H,2-7H2,1H3. The van der Waals surface area contributed by atoms with Crippen molar-refractivity contribution in [3.63, 3.8) is 0 Å². The Bertz CT molecular complexity index is 3050. The highest BCUT2D eigenvalue weighted by molar-refractivity contribution is 5.99. The first-order valence-corrected chi connectivity index (χ1v) is 35.1. The number of ether oxygens (including phenoxy) is 12. The lowest BCUT2D eigenvalue weighted by Crippen LogP contribution is -2.48. The van der Waals surface area contributed by atoms with Crippen molar-refractivity contribution >= 4 is 71.8 Å². The van der Waals surface area contributed by atoms with Crippen LogP contribution in [0.3, 0.4) is 0 Å². The zero-order valence-electron chi connectivity index (χ0n) is 56.7. The molecule has 7 aliphatic carbocycles. The quantitative estimate of drug-likeness (QED) is 0.0581. The van der Waals surface area contributed by atoms with Crippen LogP contribution in [0.2, 0.25) is 0 Å². The van der Waals surface area contributed by atoms with E-state index in [1.54, 1.807) is 6.92 Å². The van der Waals surface area contributed by atoms with Crippen LogP contribution in [0.5, 0.6) is 0 Å². The Balaban J connectivity index is 0.000000154. The van der Waals surface area contributed by atoms with Crippen LogP contribution >= 0.6 is 0 Å². The summed E-state index contributed by atoms with van der Waals surface area (Å²) >= 11 is 0. The van der Waals surface area contributed by atoms with Crippen molar-refractivity contribution < 1.29 is 114 Å². The molecular weight excluding hydrogens is 1270 g/mol. The Kier molecular flexibility index (Phi) is 26.9. The highest BCUT2D eigenvalue weighted by Crippen LogP contribution is 2.60. The van der Waals surface area contributed by atoms with Crippen LogP contribution in [0.1, 0.15) is 167 Å². The fourth-order valence-corrected chi connectivity index (χ4v) is 15.1. The Morgan fingerprint density at radius 2 is 0.878 bits per heavy atom. The van der Waals surface area contributed by atoms with Crippen molar-refractivity contribution in [2.45, 2.75) is 168 Å². The molecule has 10 fully saturated rings. The molecular formula is C73H95NO24. The molecule has 11 aliphatic rings. The third-order valence-corrected chi connectivity index (χ3v) is 20.5. The van der Waals surface area contributed by atoms with Gasteiger partial charge in [0.15, 0.2) is 24.0 Å². The van der Waals surface area contributed by atoms with Gasteiger partial charge in [-0.05, 0) is 144 Å². The van der Waals surface area contributed by atoms with E-state index in [1.165, 1.54) is 91.4 Å². The zero-order chi connectivity index (χ0) is 69.9. The van der Waals surface area contributed by atoms with Crippen molar-refractivity contribution in [3.05, 3.63) is 59.7 Å². The second kappa shape index (κ2) is 35.6. The number of fused-ring (bicyclic) bond motifs is 3. The molecule has 4 saturated heterocycles. The molecule has 4 bridgehead atoms. The van der Waals surface area contributed by atoms with E-state index in [9.17, 15) is 57.5 Å². The van der Waals surface area contributed by atoms with Gasteiger partial charge in [-0.3, -0.25) is 47.9 Å². The van der Waals surface area contributed by atoms with E-state index in [0.717, 1.165) is 72.1 Å². The first-order valence-electron chi connectivity index (χ1n) is 35.1. The molecule has 0 radical (unpaired) electrons. The fourth-order valence-electron chi connectivity index (χ4n) is 15.1. The van der Waals surface area contributed by atoms with E-state index in [1.807, 2.05) is 36.4 Å². The molecule has 4 aliphatic heterocycles. The van der Waals surface area contributed by atoms with E-state index >= 15 is 0 Å². The highest BCUT2D eigenvalue weighted by atomic mass is 16.8. The van der Waals surface area contributed by atoms with Gasteiger partial charge in [-0.1, -0.05) is 87.1 Å². The number of nitrogens with one attached hydrogen (secondary N) is 1. The van der Waals surface area contributed by atoms with Gasteiger partial charge < -0.3 is 62.2 Å². The number of Topliss-reactive ketones (excluding diaryl/α,β-unsaturated/α-hetero) is 1. The summed E-state index contributed by atoms with van der Waals surface area (Å²) in [5, 5.41) is 2.93. The number of esters is 8. The molecule has 25 nitrogen and oxygen atoms in total. The van der Waals surface area contributed by atoms with Crippen molar-refractivity contribution in [1.82, 2.24) is 5.32 Å². The number of carbonyl (C=O) groups is 12. The van der Waals surface area contributed by atoms with Gasteiger partial charge in [0.25, 0.3) is 0 Å². The zero-order valence-corrected chi connectivity index (χ0v) is 56.7. The maximum atomic E-state index is 12.4. The van der Waals surface area contributed by atoms with Crippen molar-refractivity contribution in [1.29, 1.82) is 0 Å². The Morgan fingerprint density at radius 1 is 0.459 bits per heavy atom. The third kappa shape index (κ3) is 21.2.